The third-order valence-corrected chi connectivity index (χ3v) is 15.7. The topological polar surface area (TPSA) is 130 Å². The predicted molar refractivity (Wildman–Crippen MR) is 197 cm³/mol. The van der Waals surface area contributed by atoms with Gasteiger partial charge in [0.05, 0.1) is 29.1 Å². The van der Waals surface area contributed by atoms with Crippen molar-refractivity contribution in [2.45, 2.75) is 175 Å². The summed E-state index contributed by atoms with van der Waals surface area (Å²) >= 11 is 1.61. The predicted octanol–water partition coefficient (Wildman–Crippen LogP) is 7.76. The van der Waals surface area contributed by atoms with E-state index in [4.69, 9.17) is 14.5 Å². The minimum Gasteiger partial charge on any atom is -0.444 e. The number of anilines is 1. The van der Waals surface area contributed by atoms with E-state index in [-0.39, 0.29) is 57.5 Å². The van der Waals surface area contributed by atoms with Gasteiger partial charge in [-0.05, 0) is 139 Å². The van der Waals surface area contributed by atoms with Gasteiger partial charge >= 0.3 is 6.09 Å². The van der Waals surface area contributed by atoms with Crippen LogP contribution in [0.2, 0.25) is 0 Å². The van der Waals surface area contributed by atoms with Crippen LogP contribution in [-0.4, -0.2) is 62.8 Å². The molecule has 4 aliphatic carbocycles. The van der Waals surface area contributed by atoms with E-state index in [1.165, 1.54) is 4.88 Å². The number of thiazole rings is 1. The van der Waals surface area contributed by atoms with Crippen LogP contribution in [0.4, 0.5) is 9.93 Å². The number of aromatic nitrogens is 1. The molecule has 6 rings (SSSR count). The number of hydrogen-bond donors (Lipinski definition) is 4. The molecular weight excluding hydrogens is 651 g/mol. The lowest BCUT2D eigenvalue weighted by atomic mass is 9.35. The summed E-state index contributed by atoms with van der Waals surface area (Å²) in [6, 6.07) is 0. The van der Waals surface area contributed by atoms with Crippen molar-refractivity contribution in [3.63, 3.8) is 0 Å². The van der Waals surface area contributed by atoms with E-state index in [0.29, 0.717) is 29.9 Å². The first-order valence-corrected chi connectivity index (χ1v) is 20.1. The molecular formula is C40H65N3O6S. The molecule has 10 heteroatoms. The Hall–Kier alpha value is -1.75. The highest BCUT2D eigenvalue weighted by Crippen LogP contribution is 2.76. The quantitative estimate of drug-likeness (QED) is 0.212. The molecule has 9 nitrogen and oxygen atoms in total. The SMILES string of the molecule is CC(C)(C)OC(=O)NCCCC(=O)Nc1nc2c(s1)C[C@]1(C)[C@H]3C[C@@H](O)[C@@H]4C([C@]5(C)CC[C@H](C(C)(C)O)O5)CC[C@@]4(C)[C@]3(C)CC[C@H]1C2(C)C. The highest BCUT2D eigenvalue weighted by molar-refractivity contribution is 7.15. The fourth-order valence-electron chi connectivity index (χ4n) is 12.3. The molecule has 2 heterocycles. The molecule has 3 saturated carbocycles. The third-order valence-electron chi connectivity index (χ3n) is 14.8. The van der Waals surface area contributed by atoms with Crippen molar-refractivity contribution >= 4 is 28.5 Å². The molecule has 1 unspecified atom stereocenters. The Morgan fingerprint density at radius 3 is 2.30 bits per heavy atom. The maximum Gasteiger partial charge on any atom is 0.407 e. The molecule has 10 atom stereocenters. The lowest BCUT2D eigenvalue weighted by Crippen LogP contribution is -2.66. The standard InChI is InChI=1S/C40H65N3O6S/c1-34(2,3)49-33(46)41-20-12-13-29(45)42-32-43-31-25(50-32)22-37(8)26(35(31,4)5)15-18-38(9)27(37)21-24(44)30-23(14-17-39(30,38)10)40(11)19-16-28(48-40)36(6,7)47/h23-24,26-28,30,44,47H,12-22H2,1-11H3,(H,41,46)(H,42,43,45)/t23?,24-,26+,27-,28-,30+,37+,38-,39-,40+/m1/s1. The number of ether oxygens (including phenoxy) is 2. The van der Waals surface area contributed by atoms with Crippen LogP contribution in [0.15, 0.2) is 0 Å². The first-order valence-electron chi connectivity index (χ1n) is 19.3. The van der Waals surface area contributed by atoms with Crippen LogP contribution < -0.4 is 10.6 Å². The summed E-state index contributed by atoms with van der Waals surface area (Å²) in [7, 11) is 0. The van der Waals surface area contributed by atoms with E-state index in [1.54, 1.807) is 11.3 Å². The number of nitrogens with zero attached hydrogens (tertiary/aromatic N) is 1. The number of alkyl carbamates (subject to hydrolysis) is 1. The Kier molecular flexibility index (Phi) is 9.43. The largest absolute Gasteiger partial charge is 0.444 e. The summed E-state index contributed by atoms with van der Waals surface area (Å²) in [5.74, 6) is 1.11. The molecule has 4 fully saturated rings. The number of aliphatic hydroxyl groups is 2. The lowest BCUT2D eigenvalue weighted by molar-refractivity contribution is -0.227. The zero-order chi connectivity index (χ0) is 36.9. The maximum absolute atomic E-state index is 13.0. The minimum absolute atomic E-state index is 0.0111. The summed E-state index contributed by atoms with van der Waals surface area (Å²) in [6.07, 6.45) is 7.66. The third kappa shape index (κ3) is 6.23. The van der Waals surface area contributed by atoms with Crippen molar-refractivity contribution in [2.24, 2.45) is 39.9 Å². The number of fused-ring (bicyclic) bond motifs is 6. The van der Waals surface area contributed by atoms with Crippen LogP contribution in [0, 0.1) is 39.9 Å². The fourth-order valence-corrected chi connectivity index (χ4v) is 13.7. The molecule has 4 N–H and O–H groups in total. The van der Waals surface area contributed by atoms with Gasteiger partial charge in [0.25, 0.3) is 0 Å². The van der Waals surface area contributed by atoms with E-state index in [1.807, 2.05) is 34.6 Å². The Bertz CT molecular complexity index is 1480. The van der Waals surface area contributed by atoms with Gasteiger partial charge in [0.2, 0.25) is 5.91 Å². The minimum atomic E-state index is -0.873. The molecule has 2 amide bonds. The van der Waals surface area contributed by atoms with Gasteiger partial charge in [-0.1, -0.05) is 34.6 Å². The smallest absolute Gasteiger partial charge is 0.407 e. The van der Waals surface area contributed by atoms with Crippen molar-refractivity contribution in [1.29, 1.82) is 0 Å². The lowest BCUT2D eigenvalue weighted by Gasteiger charge is -2.69. The van der Waals surface area contributed by atoms with Crippen LogP contribution in [-0.2, 0) is 26.1 Å². The number of amides is 2. The molecule has 0 bridgehead atoms. The molecule has 50 heavy (non-hydrogen) atoms. The summed E-state index contributed by atoms with van der Waals surface area (Å²) in [4.78, 5) is 31.2. The second-order valence-electron chi connectivity index (χ2n) is 19.8. The Labute approximate surface area is 304 Å². The zero-order valence-electron chi connectivity index (χ0n) is 32.6. The van der Waals surface area contributed by atoms with Crippen LogP contribution in [0.5, 0.6) is 0 Å². The van der Waals surface area contributed by atoms with Crippen molar-refractivity contribution in [2.75, 3.05) is 11.9 Å². The van der Waals surface area contributed by atoms with Crippen LogP contribution >= 0.6 is 11.3 Å². The molecule has 0 aromatic carbocycles. The van der Waals surface area contributed by atoms with Gasteiger partial charge in [0, 0.05) is 23.3 Å². The van der Waals surface area contributed by atoms with Crippen molar-refractivity contribution in [3.8, 4) is 0 Å². The molecule has 1 aromatic heterocycles. The van der Waals surface area contributed by atoms with E-state index in [2.05, 4.69) is 52.2 Å². The summed E-state index contributed by atoms with van der Waals surface area (Å²) < 4.78 is 12.0. The molecule has 1 saturated heterocycles. The van der Waals surface area contributed by atoms with Crippen LogP contribution in [0.25, 0.3) is 0 Å². The van der Waals surface area contributed by atoms with Crippen molar-refractivity contribution in [1.82, 2.24) is 10.3 Å². The van der Waals surface area contributed by atoms with Gasteiger partial charge in [-0.2, -0.15) is 0 Å². The number of nitrogens with one attached hydrogen (secondary N) is 2. The van der Waals surface area contributed by atoms with Gasteiger partial charge in [-0.25, -0.2) is 9.78 Å². The number of carbonyl (C=O) groups excluding carboxylic acids is 2. The van der Waals surface area contributed by atoms with Gasteiger partial charge in [-0.3, -0.25) is 4.79 Å². The highest BCUT2D eigenvalue weighted by atomic mass is 32.1. The molecule has 0 spiro atoms. The summed E-state index contributed by atoms with van der Waals surface area (Å²) in [5, 5.41) is 29.5. The number of carbonyl (C=O) groups is 2. The van der Waals surface area contributed by atoms with Gasteiger partial charge in [0.15, 0.2) is 5.13 Å². The monoisotopic (exact) mass is 715 g/mol. The second kappa shape index (κ2) is 12.4. The van der Waals surface area contributed by atoms with Gasteiger partial charge in [-0.15, -0.1) is 11.3 Å². The van der Waals surface area contributed by atoms with Crippen LogP contribution in [0.1, 0.15) is 145 Å². The summed E-state index contributed by atoms with van der Waals surface area (Å²) in [6.45, 7) is 24.0. The van der Waals surface area contributed by atoms with E-state index in [9.17, 15) is 19.8 Å². The van der Waals surface area contributed by atoms with Gasteiger partial charge < -0.3 is 30.3 Å². The Morgan fingerprint density at radius 2 is 1.66 bits per heavy atom. The van der Waals surface area contributed by atoms with E-state index >= 15 is 0 Å². The molecule has 282 valence electrons. The number of hydrogen-bond acceptors (Lipinski definition) is 8. The van der Waals surface area contributed by atoms with E-state index < -0.39 is 23.4 Å². The maximum atomic E-state index is 13.0. The highest BCUT2D eigenvalue weighted by Gasteiger charge is 2.72. The second-order valence-corrected chi connectivity index (χ2v) is 20.9. The summed E-state index contributed by atoms with van der Waals surface area (Å²) in [5.41, 5.74) is -0.775. The van der Waals surface area contributed by atoms with Gasteiger partial charge in [0.1, 0.15) is 5.60 Å². The molecule has 1 aliphatic heterocycles. The first kappa shape index (κ1) is 38.0. The molecule has 5 aliphatic rings. The number of rotatable bonds is 7. The number of aliphatic hydroxyl groups excluding tert-OH is 1. The Morgan fingerprint density at radius 1 is 0.980 bits per heavy atom. The fraction of sp³-hybridized carbons (Fsp3) is 0.875. The molecule has 1 aromatic rings. The Balaban J connectivity index is 1.18. The molecule has 0 radical (unpaired) electrons. The first-order chi connectivity index (χ1) is 22.9. The van der Waals surface area contributed by atoms with Crippen LogP contribution in [0.3, 0.4) is 0 Å². The van der Waals surface area contributed by atoms with E-state index in [0.717, 1.165) is 57.1 Å². The van der Waals surface area contributed by atoms with Crippen molar-refractivity contribution < 1.29 is 29.3 Å². The average molecular weight is 716 g/mol. The average Bonchev–Trinajstić information content (AvgIpc) is 3.68. The zero-order valence-corrected chi connectivity index (χ0v) is 33.4. The van der Waals surface area contributed by atoms with Crippen molar-refractivity contribution in [3.05, 3.63) is 10.6 Å². The normalized spacial score (nSPS) is 40.7.